The third-order valence-electron chi connectivity index (χ3n) is 4.00. The molecule has 0 spiro atoms. The van der Waals surface area contributed by atoms with E-state index in [4.69, 9.17) is 5.73 Å². The Morgan fingerprint density at radius 3 is 2.65 bits per heavy atom. The van der Waals surface area contributed by atoms with Crippen LogP contribution in [-0.4, -0.2) is 23.5 Å². The average Bonchev–Trinajstić information content (AvgIpc) is 2.99. The monoisotopic (exact) mass is 296 g/mol. The molecule has 1 aliphatic carbocycles. The number of aliphatic carboxylic acids is 1. The summed E-state index contributed by atoms with van der Waals surface area (Å²) in [7, 11) is 0. The molecule has 20 heavy (non-hydrogen) atoms. The zero-order valence-electron chi connectivity index (χ0n) is 11.3. The molecule has 1 aliphatic rings. The summed E-state index contributed by atoms with van der Waals surface area (Å²) in [6, 6.07) is 2.93. The van der Waals surface area contributed by atoms with Crippen LogP contribution in [0.2, 0.25) is 0 Å². The Bertz CT molecular complexity index is 467. The molecule has 1 amide bonds. The summed E-state index contributed by atoms with van der Waals surface area (Å²) >= 11 is 1.42. The summed E-state index contributed by atoms with van der Waals surface area (Å²) in [6.45, 7) is 0.167. The van der Waals surface area contributed by atoms with Crippen LogP contribution in [0.3, 0.4) is 0 Å². The standard InChI is InChI=1S/C14H20N2O3S/c15-11(10-5-4-8-20-10)12(17)16-9-14(13(18)19)6-2-1-3-7-14/h4-5,8,11H,1-3,6-7,9,15H2,(H,16,17)(H,18,19). The van der Waals surface area contributed by atoms with Crippen LogP contribution in [0.25, 0.3) is 0 Å². The number of carboxylic acids is 1. The maximum absolute atomic E-state index is 12.0. The first-order valence-corrected chi connectivity index (χ1v) is 7.73. The van der Waals surface area contributed by atoms with Crippen LogP contribution in [0, 0.1) is 5.41 Å². The van der Waals surface area contributed by atoms with Crippen LogP contribution >= 0.6 is 11.3 Å². The van der Waals surface area contributed by atoms with Gasteiger partial charge >= 0.3 is 5.97 Å². The largest absolute Gasteiger partial charge is 0.481 e. The van der Waals surface area contributed by atoms with Crippen LogP contribution in [0.4, 0.5) is 0 Å². The van der Waals surface area contributed by atoms with Crippen LogP contribution in [0.15, 0.2) is 17.5 Å². The van der Waals surface area contributed by atoms with Crippen molar-refractivity contribution in [3.05, 3.63) is 22.4 Å². The molecule has 1 atom stereocenters. The summed E-state index contributed by atoms with van der Waals surface area (Å²) in [4.78, 5) is 24.3. The minimum absolute atomic E-state index is 0.167. The summed E-state index contributed by atoms with van der Waals surface area (Å²) in [5, 5.41) is 14.0. The highest BCUT2D eigenvalue weighted by atomic mass is 32.1. The topological polar surface area (TPSA) is 92.4 Å². The number of thiophene rings is 1. The second-order valence-corrected chi connectivity index (χ2v) is 6.34. The van der Waals surface area contributed by atoms with Crippen molar-refractivity contribution >= 4 is 23.2 Å². The first-order valence-electron chi connectivity index (χ1n) is 6.85. The Kier molecular flexibility index (Phi) is 4.77. The van der Waals surface area contributed by atoms with E-state index in [-0.39, 0.29) is 12.5 Å². The Labute approximate surface area is 122 Å². The first kappa shape index (κ1) is 15.0. The van der Waals surface area contributed by atoms with Gasteiger partial charge in [-0.05, 0) is 24.3 Å². The molecule has 1 heterocycles. The maximum atomic E-state index is 12.0. The van der Waals surface area contributed by atoms with Gasteiger partial charge in [-0.1, -0.05) is 25.3 Å². The number of carboxylic acid groups (broad SMARTS) is 1. The van der Waals surface area contributed by atoms with Crippen LogP contribution < -0.4 is 11.1 Å². The zero-order valence-corrected chi connectivity index (χ0v) is 12.1. The van der Waals surface area contributed by atoms with Crippen LogP contribution in [0.1, 0.15) is 43.0 Å². The highest BCUT2D eigenvalue weighted by Crippen LogP contribution is 2.36. The zero-order chi connectivity index (χ0) is 14.6. The quantitative estimate of drug-likeness (QED) is 0.773. The van der Waals surface area contributed by atoms with Gasteiger partial charge < -0.3 is 16.2 Å². The predicted molar refractivity (Wildman–Crippen MR) is 77.4 cm³/mol. The Morgan fingerprint density at radius 2 is 2.10 bits per heavy atom. The second kappa shape index (κ2) is 6.37. The lowest BCUT2D eigenvalue weighted by atomic mass is 9.74. The molecule has 1 fully saturated rings. The number of hydrogen-bond acceptors (Lipinski definition) is 4. The van der Waals surface area contributed by atoms with Gasteiger partial charge in [0.25, 0.3) is 0 Å². The predicted octanol–water partition coefficient (Wildman–Crippen LogP) is 1.90. The molecule has 1 saturated carbocycles. The molecule has 6 heteroatoms. The molecule has 0 aliphatic heterocycles. The third kappa shape index (κ3) is 3.19. The summed E-state index contributed by atoms with van der Waals surface area (Å²) in [5.74, 6) is -1.12. The lowest BCUT2D eigenvalue weighted by molar-refractivity contribution is -0.151. The van der Waals surface area contributed by atoms with Gasteiger partial charge in [0.15, 0.2) is 0 Å². The highest BCUT2D eigenvalue weighted by molar-refractivity contribution is 7.10. The van der Waals surface area contributed by atoms with Crippen molar-refractivity contribution in [1.82, 2.24) is 5.32 Å². The number of carbonyl (C=O) groups is 2. The van der Waals surface area contributed by atoms with E-state index in [0.717, 1.165) is 24.1 Å². The molecule has 1 aromatic rings. The lowest BCUT2D eigenvalue weighted by Gasteiger charge is -2.33. The van der Waals surface area contributed by atoms with Gasteiger partial charge in [0.1, 0.15) is 6.04 Å². The Balaban J connectivity index is 1.95. The number of rotatable bonds is 5. The smallest absolute Gasteiger partial charge is 0.311 e. The van der Waals surface area contributed by atoms with Gasteiger partial charge in [-0.15, -0.1) is 11.3 Å². The highest BCUT2D eigenvalue weighted by Gasteiger charge is 2.40. The number of carbonyl (C=O) groups excluding carboxylic acids is 1. The van der Waals surface area contributed by atoms with E-state index in [0.29, 0.717) is 12.8 Å². The summed E-state index contributed by atoms with van der Waals surface area (Å²) in [5.41, 5.74) is 5.05. The number of amides is 1. The van der Waals surface area contributed by atoms with Crippen LogP contribution in [0.5, 0.6) is 0 Å². The van der Waals surface area contributed by atoms with Crippen molar-refractivity contribution in [3.8, 4) is 0 Å². The number of nitrogens with one attached hydrogen (secondary N) is 1. The van der Waals surface area contributed by atoms with Crippen molar-refractivity contribution in [2.45, 2.75) is 38.1 Å². The Hall–Kier alpha value is -1.40. The van der Waals surface area contributed by atoms with E-state index in [1.54, 1.807) is 0 Å². The molecule has 1 aromatic heterocycles. The van der Waals surface area contributed by atoms with E-state index in [2.05, 4.69) is 5.32 Å². The van der Waals surface area contributed by atoms with Gasteiger partial charge in [0.05, 0.1) is 5.41 Å². The summed E-state index contributed by atoms with van der Waals surface area (Å²) in [6.07, 6.45) is 4.11. The van der Waals surface area contributed by atoms with Gasteiger partial charge in [-0.25, -0.2) is 0 Å². The number of hydrogen-bond donors (Lipinski definition) is 3. The Morgan fingerprint density at radius 1 is 1.40 bits per heavy atom. The van der Waals surface area contributed by atoms with Gasteiger partial charge in [-0.2, -0.15) is 0 Å². The van der Waals surface area contributed by atoms with Gasteiger partial charge in [-0.3, -0.25) is 9.59 Å². The molecule has 0 saturated heterocycles. The minimum atomic E-state index is -0.817. The number of nitrogens with two attached hydrogens (primary N) is 1. The van der Waals surface area contributed by atoms with E-state index in [9.17, 15) is 14.7 Å². The molecular formula is C14H20N2O3S. The fourth-order valence-corrected chi connectivity index (χ4v) is 3.38. The summed E-state index contributed by atoms with van der Waals surface area (Å²) < 4.78 is 0. The van der Waals surface area contributed by atoms with Crippen molar-refractivity contribution in [2.75, 3.05) is 6.54 Å². The van der Waals surface area contributed by atoms with Crippen molar-refractivity contribution in [2.24, 2.45) is 11.1 Å². The lowest BCUT2D eigenvalue weighted by Crippen LogP contribution is -2.46. The fourth-order valence-electron chi connectivity index (χ4n) is 2.66. The molecule has 0 aromatic carbocycles. The molecule has 0 bridgehead atoms. The minimum Gasteiger partial charge on any atom is -0.481 e. The van der Waals surface area contributed by atoms with Crippen molar-refractivity contribution in [1.29, 1.82) is 0 Å². The van der Waals surface area contributed by atoms with Crippen molar-refractivity contribution in [3.63, 3.8) is 0 Å². The van der Waals surface area contributed by atoms with E-state index in [1.807, 2.05) is 17.5 Å². The van der Waals surface area contributed by atoms with Crippen LogP contribution in [-0.2, 0) is 9.59 Å². The molecule has 1 unspecified atom stereocenters. The molecule has 4 N–H and O–H groups in total. The average molecular weight is 296 g/mol. The van der Waals surface area contributed by atoms with Gasteiger partial charge in [0, 0.05) is 11.4 Å². The van der Waals surface area contributed by atoms with E-state index in [1.165, 1.54) is 11.3 Å². The molecule has 2 rings (SSSR count). The molecule has 5 nitrogen and oxygen atoms in total. The van der Waals surface area contributed by atoms with E-state index >= 15 is 0 Å². The molecule has 0 radical (unpaired) electrons. The molecule has 110 valence electrons. The second-order valence-electron chi connectivity index (χ2n) is 5.36. The molecular weight excluding hydrogens is 276 g/mol. The third-order valence-corrected chi connectivity index (χ3v) is 4.95. The van der Waals surface area contributed by atoms with E-state index < -0.39 is 17.4 Å². The van der Waals surface area contributed by atoms with Crippen molar-refractivity contribution < 1.29 is 14.7 Å². The SMILES string of the molecule is NC(C(=O)NCC1(C(=O)O)CCCCC1)c1cccs1. The maximum Gasteiger partial charge on any atom is 0.311 e. The van der Waals surface area contributed by atoms with Gasteiger partial charge in [0.2, 0.25) is 5.91 Å². The normalized spacial score (nSPS) is 19.2. The fraction of sp³-hybridized carbons (Fsp3) is 0.571. The first-order chi connectivity index (χ1) is 9.55.